The Morgan fingerprint density at radius 1 is 1.19 bits per heavy atom. The average molecular weight is 352 g/mol. The van der Waals surface area contributed by atoms with Crippen LogP contribution in [0.4, 0.5) is 0 Å². The molecule has 0 saturated carbocycles. The largest absolute Gasteiger partial charge is 0.457 e. The molecule has 0 radical (unpaired) electrons. The number of hydrogen-bond acceptors (Lipinski definition) is 3. The van der Waals surface area contributed by atoms with Gasteiger partial charge in [0.15, 0.2) is 0 Å². The van der Waals surface area contributed by atoms with Gasteiger partial charge in [0.25, 0.3) is 5.91 Å². The first-order valence-electron chi connectivity index (χ1n) is 8.97. The zero-order chi connectivity index (χ0) is 18.9. The summed E-state index contributed by atoms with van der Waals surface area (Å²) in [5.41, 5.74) is 2.18. The zero-order valence-electron chi connectivity index (χ0n) is 15.6. The van der Waals surface area contributed by atoms with Crippen LogP contribution >= 0.6 is 0 Å². The van der Waals surface area contributed by atoms with Crippen LogP contribution in [-0.4, -0.2) is 32.1 Å². The van der Waals surface area contributed by atoms with Crippen LogP contribution < -0.4 is 10.2 Å². The van der Waals surface area contributed by atoms with Crippen LogP contribution in [0.2, 0.25) is 0 Å². The van der Waals surface area contributed by atoms with Crippen molar-refractivity contribution in [3.8, 4) is 17.4 Å². The standard InChI is InChI=1S/C21H25N3O2/c1-4-24(5-2)13-12-23-21(25)18(15-22)14-19-10-11-20(26-19)17-8-6-16(3)7-9-17/h6-11,14H,4-5,12-13H2,1-3H3,(H,23,25)/p+1/b18-14+. The molecule has 0 spiro atoms. The van der Waals surface area contributed by atoms with E-state index in [1.165, 1.54) is 16.5 Å². The lowest BCUT2D eigenvalue weighted by atomic mass is 10.1. The van der Waals surface area contributed by atoms with Crippen LogP contribution in [0.15, 0.2) is 46.4 Å². The van der Waals surface area contributed by atoms with E-state index in [4.69, 9.17) is 4.42 Å². The number of carbonyl (C=O) groups is 1. The van der Waals surface area contributed by atoms with Gasteiger partial charge in [-0.1, -0.05) is 29.8 Å². The van der Waals surface area contributed by atoms with Crippen LogP contribution in [0.1, 0.15) is 25.2 Å². The number of carbonyl (C=O) groups excluding carboxylic acids is 1. The van der Waals surface area contributed by atoms with Crippen molar-refractivity contribution >= 4 is 12.0 Å². The molecular formula is C21H26N3O2+. The number of nitrogens with one attached hydrogen (secondary N) is 2. The lowest BCUT2D eigenvalue weighted by Gasteiger charge is -2.15. The molecule has 0 saturated heterocycles. The van der Waals surface area contributed by atoms with Gasteiger partial charge in [-0.05, 0) is 32.9 Å². The van der Waals surface area contributed by atoms with Crippen LogP contribution in [0.3, 0.4) is 0 Å². The summed E-state index contributed by atoms with van der Waals surface area (Å²) in [7, 11) is 0. The fourth-order valence-electron chi connectivity index (χ4n) is 2.65. The van der Waals surface area contributed by atoms with Gasteiger partial charge in [0.1, 0.15) is 23.2 Å². The molecule has 5 nitrogen and oxygen atoms in total. The summed E-state index contributed by atoms with van der Waals surface area (Å²) in [6.45, 7) is 9.67. The van der Waals surface area contributed by atoms with Crippen molar-refractivity contribution in [3.63, 3.8) is 0 Å². The molecule has 26 heavy (non-hydrogen) atoms. The molecule has 5 heteroatoms. The van der Waals surface area contributed by atoms with E-state index in [2.05, 4.69) is 19.2 Å². The lowest BCUT2D eigenvalue weighted by molar-refractivity contribution is -0.895. The quantitative estimate of drug-likeness (QED) is 0.565. The second-order valence-electron chi connectivity index (χ2n) is 6.20. The Kier molecular flexibility index (Phi) is 7.19. The van der Waals surface area contributed by atoms with Crippen LogP contribution in [0.25, 0.3) is 17.4 Å². The first kappa shape index (κ1) is 19.5. The Morgan fingerprint density at radius 3 is 2.50 bits per heavy atom. The Balaban J connectivity index is 2.03. The molecule has 0 atom stereocenters. The molecule has 1 aromatic heterocycles. The van der Waals surface area contributed by atoms with Gasteiger partial charge in [0.05, 0.1) is 26.2 Å². The fourth-order valence-corrected chi connectivity index (χ4v) is 2.65. The Bertz CT molecular complexity index is 793. The van der Waals surface area contributed by atoms with Crippen LogP contribution in [0.5, 0.6) is 0 Å². The molecule has 0 aliphatic rings. The summed E-state index contributed by atoms with van der Waals surface area (Å²) in [4.78, 5) is 13.6. The highest BCUT2D eigenvalue weighted by Gasteiger charge is 2.12. The number of furan rings is 1. The van der Waals surface area contributed by atoms with Crippen LogP contribution in [0, 0.1) is 18.3 Å². The Labute approximate surface area is 154 Å². The van der Waals surface area contributed by atoms with Gasteiger partial charge in [0, 0.05) is 11.6 Å². The number of quaternary nitrogens is 1. The summed E-state index contributed by atoms with van der Waals surface area (Å²) >= 11 is 0. The van der Waals surface area contributed by atoms with Gasteiger partial charge >= 0.3 is 0 Å². The smallest absolute Gasteiger partial charge is 0.262 e. The zero-order valence-corrected chi connectivity index (χ0v) is 15.6. The number of rotatable bonds is 8. The first-order valence-corrected chi connectivity index (χ1v) is 8.97. The highest BCUT2D eigenvalue weighted by Crippen LogP contribution is 2.23. The molecule has 1 heterocycles. The monoisotopic (exact) mass is 352 g/mol. The SMILES string of the molecule is CC[NH+](CC)CCNC(=O)/C(C#N)=C/c1ccc(-c2ccc(C)cc2)o1. The van der Waals surface area contributed by atoms with Crippen molar-refractivity contribution in [3.05, 3.63) is 53.3 Å². The summed E-state index contributed by atoms with van der Waals surface area (Å²) in [6.07, 6.45) is 1.48. The first-order chi connectivity index (χ1) is 12.6. The highest BCUT2D eigenvalue weighted by molar-refractivity contribution is 6.01. The normalized spacial score (nSPS) is 11.4. The molecule has 2 rings (SSSR count). The molecule has 1 aromatic carbocycles. The predicted octanol–water partition coefficient (Wildman–Crippen LogP) is 2.20. The van der Waals surface area contributed by atoms with Gasteiger partial charge in [0.2, 0.25) is 0 Å². The summed E-state index contributed by atoms with van der Waals surface area (Å²) < 4.78 is 5.76. The molecule has 136 valence electrons. The lowest BCUT2D eigenvalue weighted by Crippen LogP contribution is -3.12. The number of likely N-dealkylation sites (N-methyl/N-ethyl adjacent to an activating group) is 1. The number of hydrogen-bond donors (Lipinski definition) is 2. The molecule has 0 bridgehead atoms. The van der Waals surface area contributed by atoms with Crippen molar-refractivity contribution in [2.45, 2.75) is 20.8 Å². The molecule has 2 N–H and O–H groups in total. The van der Waals surface area contributed by atoms with Gasteiger partial charge < -0.3 is 14.6 Å². The van der Waals surface area contributed by atoms with Crippen molar-refractivity contribution in [2.75, 3.05) is 26.2 Å². The topological polar surface area (TPSA) is 70.5 Å². The maximum atomic E-state index is 12.2. The molecule has 1 amide bonds. The van der Waals surface area contributed by atoms with Crippen molar-refractivity contribution < 1.29 is 14.1 Å². The number of benzene rings is 1. The number of nitriles is 1. The van der Waals surface area contributed by atoms with E-state index in [-0.39, 0.29) is 11.5 Å². The van der Waals surface area contributed by atoms with E-state index in [1.807, 2.05) is 43.3 Å². The molecule has 0 fully saturated rings. The highest BCUT2D eigenvalue weighted by atomic mass is 16.3. The van der Waals surface area contributed by atoms with E-state index < -0.39 is 0 Å². The molecule has 2 aromatic rings. The van der Waals surface area contributed by atoms with Gasteiger partial charge in [-0.2, -0.15) is 5.26 Å². The van der Waals surface area contributed by atoms with Crippen molar-refractivity contribution in [2.24, 2.45) is 0 Å². The fraction of sp³-hybridized carbons (Fsp3) is 0.333. The van der Waals surface area contributed by atoms with E-state index in [1.54, 1.807) is 6.07 Å². The van der Waals surface area contributed by atoms with Crippen molar-refractivity contribution in [1.82, 2.24) is 5.32 Å². The maximum absolute atomic E-state index is 12.2. The minimum atomic E-state index is -0.368. The Morgan fingerprint density at radius 2 is 1.88 bits per heavy atom. The van der Waals surface area contributed by atoms with E-state index in [0.717, 1.165) is 25.2 Å². The third kappa shape index (κ3) is 5.33. The molecule has 0 aliphatic heterocycles. The number of nitrogens with zero attached hydrogens (tertiary/aromatic N) is 1. The third-order valence-electron chi connectivity index (χ3n) is 4.38. The summed E-state index contributed by atoms with van der Waals surface area (Å²) in [5.74, 6) is 0.827. The molecule has 0 unspecified atom stereocenters. The van der Waals surface area contributed by atoms with Gasteiger partial charge in [-0.25, -0.2) is 0 Å². The molecular weight excluding hydrogens is 326 g/mol. The minimum absolute atomic E-state index is 0.0457. The molecule has 0 aliphatic carbocycles. The Hall–Kier alpha value is -2.84. The van der Waals surface area contributed by atoms with Crippen LogP contribution in [-0.2, 0) is 4.79 Å². The summed E-state index contributed by atoms with van der Waals surface area (Å²) in [5, 5.41) is 12.1. The van der Waals surface area contributed by atoms with E-state index in [9.17, 15) is 10.1 Å². The predicted molar refractivity (Wildman–Crippen MR) is 102 cm³/mol. The summed E-state index contributed by atoms with van der Waals surface area (Å²) in [6, 6.07) is 13.5. The van der Waals surface area contributed by atoms with Crippen molar-refractivity contribution in [1.29, 1.82) is 5.26 Å². The average Bonchev–Trinajstić information content (AvgIpc) is 3.12. The van der Waals surface area contributed by atoms with Gasteiger partial charge in [-0.3, -0.25) is 4.79 Å². The number of aryl methyl sites for hydroxylation is 1. The second kappa shape index (κ2) is 9.59. The second-order valence-corrected chi connectivity index (χ2v) is 6.20. The van der Waals surface area contributed by atoms with E-state index >= 15 is 0 Å². The van der Waals surface area contributed by atoms with Gasteiger partial charge in [-0.15, -0.1) is 0 Å². The van der Waals surface area contributed by atoms with E-state index in [0.29, 0.717) is 18.1 Å². The third-order valence-corrected chi connectivity index (χ3v) is 4.38. The minimum Gasteiger partial charge on any atom is -0.457 e. The maximum Gasteiger partial charge on any atom is 0.262 e. The number of amides is 1.